The Morgan fingerprint density at radius 3 is 2.39 bits per heavy atom. The van der Waals surface area contributed by atoms with Crippen LogP contribution in [0.1, 0.15) is 42.2 Å². The van der Waals surface area contributed by atoms with Gasteiger partial charge in [0.15, 0.2) is 0 Å². The van der Waals surface area contributed by atoms with Gasteiger partial charge in [0.25, 0.3) is 0 Å². The molecule has 0 saturated heterocycles. The van der Waals surface area contributed by atoms with Crippen molar-refractivity contribution in [2.75, 3.05) is 0 Å². The second-order valence-electron chi connectivity index (χ2n) is 4.49. The van der Waals surface area contributed by atoms with E-state index in [0.29, 0.717) is 0 Å². The van der Waals surface area contributed by atoms with Crippen LogP contribution in [0.3, 0.4) is 0 Å². The average Bonchev–Trinajstić information content (AvgIpc) is 2.76. The molecule has 0 aliphatic heterocycles. The third-order valence-electron chi connectivity index (χ3n) is 2.88. The number of benzene rings is 1. The molecule has 18 heavy (non-hydrogen) atoms. The van der Waals surface area contributed by atoms with E-state index in [9.17, 15) is 0 Å². The van der Waals surface area contributed by atoms with Crippen molar-refractivity contribution < 1.29 is 0 Å². The van der Waals surface area contributed by atoms with Gasteiger partial charge in [-0.2, -0.15) is 0 Å². The number of hydrogen-bond donors (Lipinski definition) is 1. The van der Waals surface area contributed by atoms with Gasteiger partial charge in [0.05, 0.1) is 6.04 Å². The maximum absolute atomic E-state index is 5.89. The lowest BCUT2D eigenvalue weighted by Crippen LogP contribution is -2.22. The van der Waals surface area contributed by atoms with Crippen LogP contribution < -0.4 is 5.32 Å². The summed E-state index contributed by atoms with van der Waals surface area (Å²) in [6.45, 7) is 6.32. The third-order valence-corrected chi connectivity index (χ3v) is 4.27. The molecular weight excluding hydrogens is 264 g/mol. The fraction of sp³-hybridized carbons (Fsp3) is 0.357. The van der Waals surface area contributed by atoms with E-state index in [1.807, 2.05) is 19.1 Å². The van der Waals surface area contributed by atoms with E-state index in [-0.39, 0.29) is 12.1 Å². The van der Waals surface area contributed by atoms with Crippen LogP contribution in [0.5, 0.6) is 0 Å². The molecule has 1 heterocycles. The van der Waals surface area contributed by atoms with Crippen molar-refractivity contribution in [2.24, 2.45) is 0 Å². The maximum atomic E-state index is 5.89. The van der Waals surface area contributed by atoms with Crippen LogP contribution in [0, 0.1) is 6.92 Å². The zero-order valence-electron chi connectivity index (χ0n) is 10.8. The lowest BCUT2D eigenvalue weighted by Gasteiger charge is -2.18. The first-order chi connectivity index (χ1) is 8.56. The molecule has 0 radical (unpaired) electrons. The SMILES string of the molecule is Cc1csc(C(C)NC(C)c2ccc(Cl)cc2)n1. The van der Waals surface area contributed by atoms with Gasteiger partial charge in [-0.15, -0.1) is 11.3 Å². The molecule has 1 N–H and O–H groups in total. The average molecular weight is 281 g/mol. The minimum atomic E-state index is 0.259. The summed E-state index contributed by atoms with van der Waals surface area (Å²) in [5.74, 6) is 0. The molecule has 0 saturated carbocycles. The van der Waals surface area contributed by atoms with Crippen LogP contribution in [0.2, 0.25) is 5.02 Å². The third kappa shape index (κ3) is 3.31. The standard InChI is InChI=1S/C14H17ClN2S/c1-9-8-18-14(16-9)11(3)17-10(2)12-4-6-13(15)7-5-12/h4-8,10-11,17H,1-3H3. The molecule has 1 aromatic heterocycles. The number of aromatic nitrogens is 1. The molecule has 4 heteroatoms. The van der Waals surface area contributed by atoms with Gasteiger partial charge in [-0.25, -0.2) is 4.98 Å². The van der Waals surface area contributed by atoms with Crippen LogP contribution in [-0.4, -0.2) is 4.98 Å². The summed E-state index contributed by atoms with van der Waals surface area (Å²) in [5, 5.41) is 7.54. The Morgan fingerprint density at radius 2 is 1.83 bits per heavy atom. The quantitative estimate of drug-likeness (QED) is 0.891. The fourth-order valence-corrected chi connectivity index (χ4v) is 2.80. The number of nitrogens with zero attached hydrogens (tertiary/aromatic N) is 1. The molecule has 2 rings (SSSR count). The van der Waals surface area contributed by atoms with Crippen LogP contribution in [0.4, 0.5) is 0 Å². The van der Waals surface area contributed by atoms with Gasteiger partial charge in [0.2, 0.25) is 0 Å². The first-order valence-electron chi connectivity index (χ1n) is 6.00. The number of thiazole rings is 1. The molecule has 0 aliphatic rings. The maximum Gasteiger partial charge on any atom is 0.110 e. The Morgan fingerprint density at radius 1 is 1.17 bits per heavy atom. The van der Waals surface area contributed by atoms with Gasteiger partial charge in [-0.1, -0.05) is 23.7 Å². The second-order valence-corrected chi connectivity index (χ2v) is 5.81. The minimum Gasteiger partial charge on any atom is -0.302 e. The van der Waals surface area contributed by atoms with Crippen molar-refractivity contribution in [3.8, 4) is 0 Å². The Hall–Kier alpha value is -0.900. The summed E-state index contributed by atoms with van der Waals surface area (Å²) in [7, 11) is 0. The predicted octanol–water partition coefficient (Wildman–Crippen LogP) is 4.52. The molecule has 0 spiro atoms. The van der Waals surface area contributed by atoms with Crippen molar-refractivity contribution in [3.63, 3.8) is 0 Å². The highest BCUT2D eigenvalue weighted by molar-refractivity contribution is 7.09. The lowest BCUT2D eigenvalue weighted by molar-refractivity contribution is 0.492. The van der Waals surface area contributed by atoms with Crippen molar-refractivity contribution in [2.45, 2.75) is 32.9 Å². The molecule has 96 valence electrons. The summed E-state index contributed by atoms with van der Waals surface area (Å²) in [4.78, 5) is 4.51. The van der Waals surface area contributed by atoms with Crippen LogP contribution in [-0.2, 0) is 0 Å². The molecule has 0 amide bonds. The molecular formula is C14H17ClN2S. The minimum absolute atomic E-state index is 0.259. The highest BCUT2D eigenvalue weighted by Crippen LogP contribution is 2.22. The van der Waals surface area contributed by atoms with E-state index >= 15 is 0 Å². The summed E-state index contributed by atoms with van der Waals surface area (Å²) in [5.41, 5.74) is 2.32. The van der Waals surface area contributed by atoms with Gasteiger partial charge < -0.3 is 5.32 Å². The number of aryl methyl sites for hydroxylation is 1. The summed E-state index contributed by atoms with van der Waals surface area (Å²) < 4.78 is 0. The van der Waals surface area contributed by atoms with Gasteiger partial charge in [0.1, 0.15) is 5.01 Å². The van der Waals surface area contributed by atoms with Gasteiger partial charge in [-0.3, -0.25) is 0 Å². The van der Waals surface area contributed by atoms with Crippen molar-refractivity contribution in [3.05, 3.63) is 50.9 Å². The molecule has 2 nitrogen and oxygen atoms in total. The molecule has 2 aromatic rings. The lowest BCUT2D eigenvalue weighted by atomic mass is 10.1. The predicted molar refractivity (Wildman–Crippen MR) is 78.3 cm³/mol. The Kier molecular flexibility index (Phi) is 4.38. The number of hydrogen-bond acceptors (Lipinski definition) is 3. The summed E-state index contributed by atoms with van der Waals surface area (Å²) in [6, 6.07) is 8.50. The number of rotatable bonds is 4. The zero-order valence-corrected chi connectivity index (χ0v) is 12.3. The molecule has 2 atom stereocenters. The van der Waals surface area contributed by atoms with Gasteiger partial charge in [0, 0.05) is 22.1 Å². The van der Waals surface area contributed by atoms with Crippen molar-refractivity contribution in [1.82, 2.24) is 10.3 Å². The molecule has 0 aliphatic carbocycles. The van der Waals surface area contributed by atoms with E-state index in [4.69, 9.17) is 11.6 Å². The van der Waals surface area contributed by atoms with Crippen LogP contribution in [0.25, 0.3) is 0 Å². The largest absolute Gasteiger partial charge is 0.302 e. The summed E-state index contributed by atoms with van der Waals surface area (Å²) >= 11 is 7.59. The fourth-order valence-electron chi connectivity index (χ4n) is 1.87. The van der Waals surface area contributed by atoms with E-state index in [1.165, 1.54) is 5.56 Å². The normalized spacial score (nSPS) is 14.4. The van der Waals surface area contributed by atoms with Crippen molar-refractivity contribution in [1.29, 1.82) is 0 Å². The highest BCUT2D eigenvalue weighted by Gasteiger charge is 2.13. The molecule has 2 unspecified atom stereocenters. The highest BCUT2D eigenvalue weighted by atomic mass is 35.5. The topological polar surface area (TPSA) is 24.9 Å². The molecule has 0 bridgehead atoms. The Balaban J connectivity index is 2.02. The monoisotopic (exact) mass is 280 g/mol. The van der Waals surface area contributed by atoms with Crippen molar-refractivity contribution >= 4 is 22.9 Å². The van der Waals surface area contributed by atoms with E-state index < -0.39 is 0 Å². The second kappa shape index (κ2) is 5.83. The number of nitrogens with one attached hydrogen (secondary N) is 1. The van der Waals surface area contributed by atoms with E-state index in [1.54, 1.807) is 11.3 Å². The Labute approximate surface area is 117 Å². The van der Waals surface area contributed by atoms with Crippen LogP contribution >= 0.6 is 22.9 Å². The van der Waals surface area contributed by atoms with Gasteiger partial charge in [-0.05, 0) is 38.5 Å². The van der Waals surface area contributed by atoms with E-state index in [2.05, 4.69) is 41.7 Å². The zero-order chi connectivity index (χ0) is 13.1. The molecule has 0 fully saturated rings. The smallest absolute Gasteiger partial charge is 0.110 e. The Bertz CT molecular complexity index is 507. The van der Waals surface area contributed by atoms with Crippen LogP contribution in [0.15, 0.2) is 29.6 Å². The number of halogens is 1. The summed E-state index contributed by atoms with van der Waals surface area (Å²) in [6.07, 6.45) is 0. The van der Waals surface area contributed by atoms with E-state index in [0.717, 1.165) is 15.7 Å². The first kappa shape index (κ1) is 13.5. The molecule has 1 aromatic carbocycles. The first-order valence-corrected chi connectivity index (χ1v) is 7.25. The van der Waals surface area contributed by atoms with Gasteiger partial charge >= 0.3 is 0 Å².